The normalized spacial score (nSPS) is 9.76. The summed E-state index contributed by atoms with van der Waals surface area (Å²) >= 11 is 5.53. The first-order valence-electron chi connectivity index (χ1n) is 5.43. The van der Waals surface area contributed by atoms with Crippen molar-refractivity contribution >= 4 is 17.5 Å². The zero-order valence-electron chi connectivity index (χ0n) is 9.83. The van der Waals surface area contributed by atoms with Crippen LogP contribution in [-0.4, -0.2) is 19.1 Å². The fraction of sp³-hybridized carbons (Fsp3) is 0.308. The summed E-state index contributed by atoms with van der Waals surface area (Å²) in [6, 6.07) is 7.68. The molecule has 0 aromatic heterocycles. The number of halogens is 1. The molecule has 0 fully saturated rings. The molecule has 0 atom stereocenters. The van der Waals surface area contributed by atoms with E-state index < -0.39 is 0 Å². The van der Waals surface area contributed by atoms with Gasteiger partial charge in [0.05, 0.1) is 6.54 Å². The molecule has 17 heavy (non-hydrogen) atoms. The van der Waals surface area contributed by atoms with Crippen LogP contribution in [0, 0.1) is 0 Å². The van der Waals surface area contributed by atoms with E-state index in [9.17, 15) is 4.79 Å². The molecule has 1 amide bonds. The van der Waals surface area contributed by atoms with Gasteiger partial charge in [-0.3, -0.25) is 4.79 Å². The molecular weight excluding hydrogens is 238 g/mol. The SMILES string of the molecule is C=C(Cl)CNC(=O)COc1cccc(CC)c1. The molecule has 1 N–H and O–H groups in total. The summed E-state index contributed by atoms with van der Waals surface area (Å²) < 4.78 is 5.36. The number of carbonyl (C=O) groups is 1. The van der Waals surface area contributed by atoms with Crippen LogP contribution in [-0.2, 0) is 11.2 Å². The third-order valence-corrected chi connectivity index (χ3v) is 2.29. The molecule has 1 aromatic carbocycles. The standard InChI is InChI=1S/C13H16ClNO2/c1-3-11-5-4-6-12(7-11)17-9-13(16)15-8-10(2)14/h4-7H,2-3,8-9H2,1H3,(H,15,16). The lowest BCUT2D eigenvalue weighted by Crippen LogP contribution is -2.29. The van der Waals surface area contributed by atoms with Gasteiger partial charge in [-0.1, -0.05) is 37.2 Å². The fourth-order valence-electron chi connectivity index (χ4n) is 1.25. The average molecular weight is 254 g/mol. The van der Waals surface area contributed by atoms with Crippen molar-refractivity contribution in [2.24, 2.45) is 0 Å². The maximum Gasteiger partial charge on any atom is 0.258 e. The molecule has 0 saturated heterocycles. The van der Waals surface area contributed by atoms with E-state index in [1.807, 2.05) is 24.3 Å². The van der Waals surface area contributed by atoms with Gasteiger partial charge in [0.1, 0.15) is 5.75 Å². The molecule has 0 unspecified atom stereocenters. The average Bonchev–Trinajstić information content (AvgIpc) is 2.34. The Kier molecular flexibility index (Phi) is 5.57. The highest BCUT2D eigenvalue weighted by Crippen LogP contribution is 2.13. The number of nitrogens with one attached hydrogen (secondary N) is 1. The summed E-state index contributed by atoms with van der Waals surface area (Å²) in [5.41, 5.74) is 1.18. The molecule has 3 nitrogen and oxygen atoms in total. The van der Waals surface area contributed by atoms with Crippen molar-refractivity contribution in [3.63, 3.8) is 0 Å². The van der Waals surface area contributed by atoms with Crippen LogP contribution in [0.5, 0.6) is 5.75 Å². The van der Waals surface area contributed by atoms with Crippen LogP contribution in [0.15, 0.2) is 35.9 Å². The lowest BCUT2D eigenvalue weighted by Gasteiger charge is -2.07. The Morgan fingerprint density at radius 2 is 2.29 bits per heavy atom. The Hall–Kier alpha value is -1.48. The molecular formula is C13H16ClNO2. The lowest BCUT2D eigenvalue weighted by atomic mass is 10.2. The Morgan fingerprint density at radius 3 is 2.94 bits per heavy atom. The van der Waals surface area contributed by atoms with Gasteiger partial charge in [0.15, 0.2) is 6.61 Å². The Morgan fingerprint density at radius 1 is 1.53 bits per heavy atom. The monoisotopic (exact) mass is 253 g/mol. The highest BCUT2D eigenvalue weighted by Gasteiger charge is 2.02. The van der Waals surface area contributed by atoms with Crippen molar-refractivity contribution in [2.75, 3.05) is 13.2 Å². The summed E-state index contributed by atoms with van der Waals surface area (Å²) in [4.78, 5) is 11.3. The van der Waals surface area contributed by atoms with E-state index >= 15 is 0 Å². The van der Waals surface area contributed by atoms with Crippen LogP contribution in [0.3, 0.4) is 0 Å². The number of hydrogen-bond donors (Lipinski definition) is 1. The molecule has 4 heteroatoms. The maximum atomic E-state index is 11.3. The van der Waals surface area contributed by atoms with E-state index in [4.69, 9.17) is 16.3 Å². The molecule has 0 heterocycles. The van der Waals surface area contributed by atoms with Crippen molar-refractivity contribution in [2.45, 2.75) is 13.3 Å². The molecule has 0 saturated carbocycles. The Balaban J connectivity index is 2.39. The summed E-state index contributed by atoms with van der Waals surface area (Å²) in [6.45, 7) is 5.79. The van der Waals surface area contributed by atoms with Crippen molar-refractivity contribution in [3.8, 4) is 5.75 Å². The lowest BCUT2D eigenvalue weighted by molar-refractivity contribution is -0.122. The summed E-state index contributed by atoms with van der Waals surface area (Å²) in [5, 5.41) is 2.98. The van der Waals surface area contributed by atoms with Crippen LogP contribution in [0.2, 0.25) is 0 Å². The number of aryl methyl sites for hydroxylation is 1. The van der Waals surface area contributed by atoms with Gasteiger partial charge in [-0.15, -0.1) is 0 Å². The maximum absolute atomic E-state index is 11.3. The van der Waals surface area contributed by atoms with E-state index in [0.29, 0.717) is 10.8 Å². The van der Waals surface area contributed by atoms with Crippen LogP contribution in [0.25, 0.3) is 0 Å². The predicted octanol–water partition coefficient (Wildman–Crippen LogP) is 2.50. The van der Waals surface area contributed by atoms with Gasteiger partial charge < -0.3 is 10.1 Å². The van der Waals surface area contributed by atoms with E-state index in [1.165, 1.54) is 5.56 Å². The number of carbonyl (C=O) groups excluding carboxylic acids is 1. The molecule has 92 valence electrons. The van der Waals surface area contributed by atoms with Gasteiger partial charge in [0.2, 0.25) is 0 Å². The summed E-state index contributed by atoms with van der Waals surface area (Å²) in [6.07, 6.45) is 0.940. The second-order valence-corrected chi connectivity index (χ2v) is 4.12. The van der Waals surface area contributed by atoms with Gasteiger partial charge >= 0.3 is 0 Å². The first-order valence-corrected chi connectivity index (χ1v) is 5.81. The van der Waals surface area contributed by atoms with Gasteiger partial charge in [-0.05, 0) is 24.1 Å². The van der Waals surface area contributed by atoms with E-state index in [2.05, 4.69) is 18.8 Å². The molecule has 0 aliphatic rings. The van der Waals surface area contributed by atoms with E-state index in [1.54, 1.807) is 0 Å². The Labute approximate surface area is 106 Å². The van der Waals surface area contributed by atoms with Crippen molar-refractivity contribution < 1.29 is 9.53 Å². The molecule has 1 aromatic rings. The van der Waals surface area contributed by atoms with Gasteiger partial charge in [0, 0.05) is 5.03 Å². The minimum absolute atomic E-state index is 0.0165. The van der Waals surface area contributed by atoms with Gasteiger partial charge in [0.25, 0.3) is 5.91 Å². The van der Waals surface area contributed by atoms with E-state index in [0.717, 1.165) is 6.42 Å². The summed E-state index contributed by atoms with van der Waals surface area (Å²) in [7, 11) is 0. The van der Waals surface area contributed by atoms with Crippen molar-refractivity contribution in [3.05, 3.63) is 41.4 Å². The highest BCUT2D eigenvalue weighted by molar-refractivity contribution is 6.29. The quantitative estimate of drug-likeness (QED) is 0.846. The number of ether oxygens (including phenoxy) is 1. The smallest absolute Gasteiger partial charge is 0.258 e. The van der Waals surface area contributed by atoms with Crippen LogP contribution in [0.1, 0.15) is 12.5 Å². The molecule has 0 aliphatic carbocycles. The third kappa shape index (κ3) is 5.41. The third-order valence-electron chi connectivity index (χ3n) is 2.15. The second kappa shape index (κ2) is 6.97. The van der Waals surface area contributed by atoms with Crippen LogP contribution < -0.4 is 10.1 Å². The molecule has 1 rings (SSSR count). The number of rotatable bonds is 6. The minimum atomic E-state index is -0.214. The second-order valence-electron chi connectivity index (χ2n) is 3.58. The van der Waals surface area contributed by atoms with Crippen LogP contribution in [0.4, 0.5) is 0 Å². The van der Waals surface area contributed by atoms with E-state index in [-0.39, 0.29) is 19.1 Å². The number of amides is 1. The summed E-state index contributed by atoms with van der Waals surface area (Å²) in [5.74, 6) is 0.484. The predicted molar refractivity (Wildman–Crippen MR) is 69.3 cm³/mol. The van der Waals surface area contributed by atoms with Crippen molar-refractivity contribution in [1.82, 2.24) is 5.32 Å². The molecule has 0 bridgehead atoms. The number of benzene rings is 1. The first-order chi connectivity index (χ1) is 8.11. The zero-order valence-corrected chi connectivity index (χ0v) is 10.6. The molecule has 0 aliphatic heterocycles. The first kappa shape index (κ1) is 13.6. The number of hydrogen-bond acceptors (Lipinski definition) is 2. The van der Waals surface area contributed by atoms with Gasteiger partial charge in [-0.2, -0.15) is 0 Å². The Bertz CT molecular complexity index is 404. The van der Waals surface area contributed by atoms with Crippen LogP contribution >= 0.6 is 11.6 Å². The highest BCUT2D eigenvalue weighted by atomic mass is 35.5. The zero-order chi connectivity index (χ0) is 12.7. The molecule has 0 spiro atoms. The topological polar surface area (TPSA) is 38.3 Å². The fourth-order valence-corrected chi connectivity index (χ4v) is 1.32. The largest absolute Gasteiger partial charge is 0.484 e. The van der Waals surface area contributed by atoms with Crippen molar-refractivity contribution in [1.29, 1.82) is 0 Å². The molecule has 0 radical (unpaired) electrons. The minimum Gasteiger partial charge on any atom is -0.484 e. The van der Waals surface area contributed by atoms with Gasteiger partial charge in [-0.25, -0.2) is 0 Å².